The van der Waals surface area contributed by atoms with Gasteiger partial charge in [0.1, 0.15) is 5.82 Å². The van der Waals surface area contributed by atoms with Crippen LogP contribution >= 0.6 is 23.4 Å². The summed E-state index contributed by atoms with van der Waals surface area (Å²) in [4.78, 5) is 1.04. The summed E-state index contributed by atoms with van der Waals surface area (Å²) in [5.74, 6) is 0.597. The molecular formula is C15H19ClFN3S. The summed E-state index contributed by atoms with van der Waals surface area (Å²) in [5.41, 5.74) is 1.01. The third kappa shape index (κ3) is 4.22. The lowest BCUT2D eigenvalue weighted by molar-refractivity contribution is 0.527. The zero-order chi connectivity index (χ0) is 15.2. The summed E-state index contributed by atoms with van der Waals surface area (Å²) in [6.45, 7) is 5.74. The normalized spacial score (nSPS) is 12.6. The number of nitrogens with zero attached hydrogens (tertiary/aromatic N) is 2. The predicted molar refractivity (Wildman–Crippen MR) is 86.5 cm³/mol. The van der Waals surface area contributed by atoms with Crippen molar-refractivity contribution in [3.8, 4) is 0 Å². The van der Waals surface area contributed by atoms with Crippen molar-refractivity contribution in [3.63, 3.8) is 0 Å². The molecular weight excluding hydrogens is 309 g/mol. The topological polar surface area (TPSA) is 29.9 Å². The average Bonchev–Trinajstić information content (AvgIpc) is 2.86. The van der Waals surface area contributed by atoms with Crippen molar-refractivity contribution < 1.29 is 4.39 Å². The Morgan fingerprint density at radius 3 is 2.67 bits per heavy atom. The maximum Gasteiger partial charge on any atom is 0.123 e. The highest BCUT2D eigenvalue weighted by Gasteiger charge is 2.19. The second-order valence-electron chi connectivity index (χ2n) is 4.57. The van der Waals surface area contributed by atoms with Crippen molar-refractivity contribution in [3.05, 3.63) is 47.0 Å². The fraction of sp³-hybridized carbons (Fsp3) is 0.400. The van der Waals surface area contributed by atoms with Crippen LogP contribution in [0.4, 0.5) is 4.39 Å². The van der Waals surface area contributed by atoms with Crippen LogP contribution in [0, 0.1) is 5.82 Å². The molecule has 0 bridgehead atoms. The first-order valence-corrected chi connectivity index (χ1v) is 8.35. The molecule has 1 heterocycles. The first kappa shape index (κ1) is 16.3. The van der Waals surface area contributed by atoms with Crippen LogP contribution in [0.2, 0.25) is 5.02 Å². The number of aryl methyl sites for hydroxylation is 1. The Kier molecular flexibility index (Phi) is 6.08. The van der Waals surface area contributed by atoms with E-state index in [4.69, 9.17) is 11.6 Å². The van der Waals surface area contributed by atoms with E-state index in [2.05, 4.69) is 17.3 Å². The van der Waals surface area contributed by atoms with Crippen LogP contribution < -0.4 is 5.32 Å². The van der Waals surface area contributed by atoms with E-state index >= 15 is 0 Å². The zero-order valence-corrected chi connectivity index (χ0v) is 13.7. The van der Waals surface area contributed by atoms with Gasteiger partial charge < -0.3 is 5.32 Å². The molecule has 0 fully saturated rings. The quantitative estimate of drug-likeness (QED) is 0.775. The molecule has 0 saturated heterocycles. The van der Waals surface area contributed by atoms with E-state index in [1.165, 1.54) is 12.1 Å². The lowest BCUT2D eigenvalue weighted by atomic mass is 10.2. The molecule has 0 spiro atoms. The number of halogens is 2. The van der Waals surface area contributed by atoms with Crippen LogP contribution in [-0.2, 0) is 6.54 Å². The molecule has 6 heteroatoms. The zero-order valence-electron chi connectivity index (χ0n) is 12.1. The largest absolute Gasteiger partial charge is 0.308 e. The second-order valence-corrected chi connectivity index (χ2v) is 6.07. The Morgan fingerprint density at radius 1 is 1.33 bits per heavy atom. The van der Waals surface area contributed by atoms with E-state index in [0.29, 0.717) is 5.02 Å². The smallest absolute Gasteiger partial charge is 0.123 e. The number of thioether (sulfide) groups is 1. The molecule has 0 amide bonds. The standard InChI is InChI=1S/C15H19ClFN3S/c1-3-18-14(15-13(16)9-19-20(15)4-2)10-21-12-7-5-11(17)6-8-12/h5-9,14,18H,3-4,10H2,1-2H3. The summed E-state index contributed by atoms with van der Waals surface area (Å²) in [7, 11) is 0. The molecule has 1 aromatic heterocycles. The SMILES string of the molecule is CCNC(CSc1ccc(F)cc1)c1c(Cl)cnn1CC. The van der Waals surface area contributed by atoms with E-state index in [-0.39, 0.29) is 11.9 Å². The number of rotatable bonds is 7. The second kappa shape index (κ2) is 7.82. The maximum atomic E-state index is 12.9. The van der Waals surface area contributed by atoms with Gasteiger partial charge in [-0.1, -0.05) is 18.5 Å². The Bertz CT molecular complexity index is 571. The van der Waals surface area contributed by atoms with Gasteiger partial charge in [0.25, 0.3) is 0 Å². The summed E-state index contributed by atoms with van der Waals surface area (Å²) in [5, 5.41) is 8.41. The molecule has 0 aliphatic carbocycles. The molecule has 2 aromatic rings. The molecule has 1 unspecified atom stereocenters. The van der Waals surface area contributed by atoms with Gasteiger partial charge in [-0.15, -0.1) is 11.8 Å². The Morgan fingerprint density at radius 2 is 2.05 bits per heavy atom. The van der Waals surface area contributed by atoms with Crippen LogP contribution in [0.5, 0.6) is 0 Å². The lowest BCUT2D eigenvalue weighted by Gasteiger charge is -2.19. The lowest BCUT2D eigenvalue weighted by Crippen LogP contribution is -2.26. The molecule has 0 saturated carbocycles. The highest BCUT2D eigenvalue weighted by molar-refractivity contribution is 7.99. The number of aromatic nitrogens is 2. The van der Waals surface area contributed by atoms with Crippen LogP contribution in [0.3, 0.4) is 0 Å². The summed E-state index contributed by atoms with van der Waals surface area (Å²) in [6, 6.07) is 6.66. The monoisotopic (exact) mass is 327 g/mol. The van der Waals surface area contributed by atoms with Crippen molar-refractivity contribution in [2.75, 3.05) is 12.3 Å². The molecule has 21 heavy (non-hydrogen) atoms. The van der Waals surface area contributed by atoms with Gasteiger partial charge in [0.2, 0.25) is 0 Å². The molecule has 0 radical (unpaired) electrons. The first-order chi connectivity index (χ1) is 10.2. The molecule has 1 N–H and O–H groups in total. The average molecular weight is 328 g/mol. The van der Waals surface area contributed by atoms with E-state index in [0.717, 1.165) is 29.4 Å². The van der Waals surface area contributed by atoms with Crippen LogP contribution in [0.15, 0.2) is 35.4 Å². The predicted octanol–water partition coefficient (Wildman–Crippen LogP) is 4.14. The van der Waals surface area contributed by atoms with E-state index < -0.39 is 0 Å². The van der Waals surface area contributed by atoms with Gasteiger partial charge in [0, 0.05) is 17.2 Å². The van der Waals surface area contributed by atoms with E-state index in [1.807, 2.05) is 11.6 Å². The first-order valence-electron chi connectivity index (χ1n) is 6.98. The van der Waals surface area contributed by atoms with Crippen molar-refractivity contribution in [1.29, 1.82) is 0 Å². The maximum absolute atomic E-state index is 12.9. The van der Waals surface area contributed by atoms with Gasteiger partial charge in [-0.3, -0.25) is 4.68 Å². The van der Waals surface area contributed by atoms with Crippen molar-refractivity contribution in [2.24, 2.45) is 0 Å². The Hall–Kier alpha value is -1.04. The molecule has 3 nitrogen and oxygen atoms in total. The van der Waals surface area contributed by atoms with Crippen LogP contribution in [0.1, 0.15) is 25.6 Å². The third-order valence-electron chi connectivity index (χ3n) is 3.14. The van der Waals surface area contributed by atoms with Crippen molar-refractivity contribution in [1.82, 2.24) is 15.1 Å². The minimum Gasteiger partial charge on any atom is -0.308 e. The highest BCUT2D eigenvalue weighted by atomic mass is 35.5. The molecule has 2 rings (SSSR count). The number of benzene rings is 1. The molecule has 1 atom stereocenters. The van der Waals surface area contributed by atoms with E-state index in [9.17, 15) is 4.39 Å². The van der Waals surface area contributed by atoms with Crippen LogP contribution in [-0.4, -0.2) is 22.1 Å². The minimum absolute atomic E-state index is 0.111. The van der Waals surface area contributed by atoms with Gasteiger partial charge >= 0.3 is 0 Å². The molecule has 0 aliphatic heterocycles. The summed E-state index contributed by atoms with van der Waals surface area (Å²) < 4.78 is 14.8. The van der Waals surface area contributed by atoms with Crippen LogP contribution in [0.25, 0.3) is 0 Å². The fourth-order valence-corrected chi connectivity index (χ4v) is 3.40. The molecule has 0 aliphatic rings. The van der Waals surface area contributed by atoms with Gasteiger partial charge in [0.15, 0.2) is 0 Å². The number of hydrogen-bond donors (Lipinski definition) is 1. The van der Waals surface area contributed by atoms with Crippen molar-refractivity contribution >= 4 is 23.4 Å². The summed E-state index contributed by atoms with van der Waals surface area (Å²) in [6.07, 6.45) is 1.69. The van der Waals surface area contributed by atoms with Gasteiger partial charge in [0.05, 0.1) is 23.0 Å². The van der Waals surface area contributed by atoms with Gasteiger partial charge in [-0.05, 0) is 37.7 Å². The fourth-order valence-electron chi connectivity index (χ4n) is 2.16. The molecule has 1 aromatic carbocycles. The summed E-state index contributed by atoms with van der Waals surface area (Å²) >= 11 is 7.95. The molecule has 114 valence electrons. The van der Waals surface area contributed by atoms with Crippen molar-refractivity contribution in [2.45, 2.75) is 31.3 Å². The Balaban J connectivity index is 2.11. The van der Waals surface area contributed by atoms with Gasteiger partial charge in [-0.25, -0.2) is 4.39 Å². The Labute approximate surface area is 133 Å². The highest BCUT2D eigenvalue weighted by Crippen LogP contribution is 2.29. The number of hydrogen-bond acceptors (Lipinski definition) is 3. The third-order valence-corrected chi connectivity index (χ3v) is 4.54. The number of nitrogens with one attached hydrogen (secondary N) is 1. The van der Waals surface area contributed by atoms with E-state index in [1.54, 1.807) is 30.1 Å². The van der Waals surface area contributed by atoms with Gasteiger partial charge in [-0.2, -0.15) is 5.10 Å². The minimum atomic E-state index is -0.213.